The first-order valence-electron chi connectivity index (χ1n) is 6.42. The third-order valence-electron chi connectivity index (χ3n) is 3.58. The van der Waals surface area contributed by atoms with Crippen LogP contribution in [-0.2, 0) is 27.3 Å². The van der Waals surface area contributed by atoms with Crippen LogP contribution in [0, 0.1) is 0 Å². The molecule has 1 aromatic carbocycles. The first kappa shape index (κ1) is 14.9. The van der Waals surface area contributed by atoms with Crippen LogP contribution in [0.5, 0.6) is 0 Å². The molecule has 20 heavy (non-hydrogen) atoms. The fourth-order valence-corrected chi connectivity index (χ4v) is 3.67. The molecule has 1 aliphatic heterocycles. The van der Waals surface area contributed by atoms with Gasteiger partial charge in [0.2, 0.25) is 17.2 Å². The molecule has 1 aliphatic rings. The summed E-state index contributed by atoms with van der Waals surface area (Å²) in [5, 5.41) is 2.82. The van der Waals surface area contributed by atoms with Crippen molar-refractivity contribution in [3.8, 4) is 0 Å². The molecule has 0 saturated carbocycles. The van der Waals surface area contributed by atoms with Gasteiger partial charge in [0.15, 0.2) is 23.0 Å². The van der Waals surface area contributed by atoms with Gasteiger partial charge in [-0.3, -0.25) is 14.5 Å². The zero-order valence-electron chi connectivity index (χ0n) is 11.6. The number of benzene rings is 1. The summed E-state index contributed by atoms with van der Waals surface area (Å²) in [6, 6.07) is 8.97. The third kappa shape index (κ3) is 2.81. The summed E-state index contributed by atoms with van der Waals surface area (Å²) in [5.74, 6) is 0.0740. The Morgan fingerprint density at radius 2 is 2.15 bits per heavy atom. The number of hydrogen-bond donors (Lipinski definition) is 2. The Morgan fingerprint density at radius 1 is 1.50 bits per heavy atom. The van der Waals surface area contributed by atoms with Crippen molar-refractivity contribution in [1.82, 2.24) is 10.2 Å². The average Bonchev–Trinajstić information content (AvgIpc) is 2.67. The summed E-state index contributed by atoms with van der Waals surface area (Å²) in [6.45, 7) is 3.96. The van der Waals surface area contributed by atoms with Crippen molar-refractivity contribution >= 4 is 23.5 Å². The summed E-state index contributed by atoms with van der Waals surface area (Å²) >= 11 is -0.978. The van der Waals surface area contributed by atoms with Crippen LogP contribution in [0.15, 0.2) is 30.3 Å². The van der Waals surface area contributed by atoms with Gasteiger partial charge in [0.05, 0.1) is 0 Å². The van der Waals surface area contributed by atoms with Crippen LogP contribution in [0.1, 0.15) is 19.4 Å². The normalized spacial score (nSPS) is 24.4. The third-order valence-corrected chi connectivity index (χ3v) is 5.57. The number of nitrogens with one attached hydrogen (secondary N) is 1. The minimum absolute atomic E-state index is 0.224. The van der Waals surface area contributed by atoms with Gasteiger partial charge in [0, 0.05) is 20.4 Å². The van der Waals surface area contributed by atoms with Crippen LogP contribution in [0.2, 0.25) is 0 Å². The lowest BCUT2D eigenvalue weighted by Gasteiger charge is -2.25. The van der Waals surface area contributed by atoms with E-state index in [0.29, 0.717) is 18.7 Å². The highest BCUT2D eigenvalue weighted by Crippen LogP contribution is 2.32. The van der Waals surface area contributed by atoms with E-state index in [4.69, 9.17) is 0 Å². The molecule has 2 amide bonds. The van der Waals surface area contributed by atoms with E-state index in [0.717, 1.165) is 5.56 Å². The van der Waals surface area contributed by atoms with Crippen LogP contribution in [-0.4, -0.2) is 38.4 Å². The van der Waals surface area contributed by atoms with E-state index in [1.165, 1.54) is 4.90 Å². The van der Waals surface area contributed by atoms with Gasteiger partial charge < -0.3 is 5.32 Å². The van der Waals surface area contributed by atoms with Gasteiger partial charge in [0.1, 0.15) is 0 Å². The topological polar surface area (TPSA) is 69.6 Å². The van der Waals surface area contributed by atoms with E-state index in [1.807, 2.05) is 30.3 Å². The molecule has 2 atom stereocenters. The van der Waals surface area contributed by atoms with Crippen molar-refractivity contribution in [3.63, 3.8) is 0 Å². The number of rotatable bonds is 4. The quantitative estimate of drug-likeness (QED) is 0.642. The minimum atomic E-state index is -0.978. The highest BCUT2D eigenvalue weighted by atomic mass is 32.2. The Kier molecular flexibility index (Phi) is 4.35. The van der Waals surface area contributed by atoms with Crippen LogP contribution >= 0.6 is 0 Å². The fraction of sp³-hybridized carbons (Fsp3) is 0.429. The van der Waals surface area contributed by atoms with E-state index < -0.39 is 22.1 Å². The molecule has 0 radical (unpaired) electrons. The summed E-state index contributed by atoms with van der Waals surface area (Å²) < 4.78 is 10.0. The molecule has 0 aliphatic carbocycles. The van der Waals surface area contributed by atoms with Crippen molar-refractivity contribution in [2.75, 3.05) is 5.75 Å². The molecule has 1 heterocycles. The lowest BCUT2D eigenvalue weighted by Crippen LogP contribution is -2.50. The number of carbonyl (C=O) groups is 2. The van der Waals surface area contributed by atoms with Gasteiger partial charge in [0.25, 0.3) is 0 Å². The minimum Gasteiger partial charge on any atom is -0.350 e. The van der Waals surface area contributed by atoms with E-state index >= 15 is 0 Å². The number of nitrogens with zero attached hydrogens (tertiary/aromatic N) is 1. The van der Waals surface area contributed by atoms with Gasteiger partial charge >= 0.3 is 0 Å². The summed E-state index contributed by atoms with van der Waals surface area (Å²) in [6.07, 6.45) is 0.649. The Morgan fingerprint density at radius 3 is 2.75 bits per heavy atom. The van der Waals surface area contributed by atoms with Gasteiger partial charge in [-0.2, -0.15) is 4.55 Å². The Hall–Kier alpha value is -1.53. The monoisotopic (exact) mass is 295 g/mol. The molecule has 2 N–H and O–H groups in total. The Bertz CT molecular complexity index is 492. The van der Waals surface area contributed by atoms with Gasteiger partial charge in [-0.15, -0.1) is 0 Å². The molecular weight excluding hydrogens is 276 g/mol. The molecule has 108 valence electrons. The van der Waals surface area contributed by atoms with Crippen LogP contribution < -0.4 is 5.32 Å². The number of hydrogen-bond acceptors (Lipinski definition) is 3. The molecule has 1 aromatic rings. The standard InChI is InChI=1S/C14H18N2O3S/c1-14(2)16(10-17)12(9-20(14)19)13(18)15-8-11-6-4-3-5-7-11/h3-7,10,12,19H,8-9H2,1-2H3/p+1/t12-,20?/m0/s1. The van der Waals surface area contributed by atoms with Gasteiger partial charge in [-0.05, 0) is 5.56 Å². The molecule has 0 bridgehead atoms. The van der Waals surface area contributed by atoms with Gasteiger partial charge in [-0.1, -0.05) is 30.3 Å². The SMILES string of the molecule is CC1(C)N(C=O)[C@H](C(=O)NCc2ccccc2)C[S+]1O. The predicted molar refractivity (Wildman–Crippen MR) is 78.9 cm³/mol. The molecular formula is C14H19N2O3S+. The van der Waals surface area contributed by atoms with Crippen LogP contribution in [0.3, 0.4) is 0 Å². The van der Waals surface area contributed by atoms with Crippen molar-refractivity contribution in [2.24, 2.45) is 0 Å². The van der Waals surface area contributed by atoms with Gasteiger partial charge in [-0.25, -0.2) is 0 Å². The van der Waals surface area contributed by atoms with E-state index in [9.17, 15) is 14.1 Å². The highest BCUT2D eigenvalue weighted by molar-refractivity contribution is 7.93. The second-order valence-electron chi connectivity index (χ2n) is 5.21. The van der Waals surface area contributed by atoms with Crippen molar-refractivity contribution in [3.05, 3.63) is 35.9 Å². The molecule has 6 heteroatoms. The molecule has 5 nitrogen and oxygen atoms in total. The second kappa shape index (κ2) is 5.85. The lowest BCUT2D eigenvalue weighted by molar-refractivity contribution is -0.133. The predicted octanol–water partition coefficient (Wildman–Crippen LogP) is 0.971. The maximum Gasteiger partial charge on any atom is 0.248 e. The molecule has 0 aromatic heterocycles. The van der Waals surface area contributed by atoms with E-state index in [1.54, 1.807) is 13.8 Å². The summed E-state index contributed by atoms with van der Waals surface area (Å²) in [7, 11) is 0. The zero-order valence-corrected chi connectivity index (χ0v) is 12.4. The number of carbonyl (C=O) groups excluding carboxylic acids is 2. The van der Waals surface area contributed by atoms with E-state index in [-0.39, 0.29) is 5.91 Å². The molecule has 1 unspecified atom stereocenters. The Balaban J connectivity index is 2.01. The molecule has 2 rings (SSSR count). The van der Waals surface area contributed by atoms with Crippen molar-refractivity contribution in [1.29, 1.82) is 0 Å². The fourth-order valence-electron chi connectivity index (χ4n) is 2.24. The lowest BCUT2D eigenvalue weighted by atomic mass is 10.2. The van der Waals surface area contributed by atoms with Crippen LogP contribution in [0.4, 0.5) is 0 Å². The average molecular weight is 295 g/mol. The van der Waals surface area contributed by atoms with Crippen molar-refractivity contribution < 1.29 is 14.1 Å². The summed E-state index contributed by atoms with van der Waals surface area (Å²) in [5.41, 5.74) is 0.999. The highest BCUT2D eigenvalue weighted by Gasteiger charge is 2.58. The van der Waals surface area contributed by atoms with Crippen molar-refractivity contribution in [2.45, 2.75) is 31.3 Å². The van der Waals surface area contributed by atoms with E-state index in [2.05, 4.69) is 5.32 Å². The maximum absolute atomic E-state index is 12.2. The largest absolute Gasteiger partial charge is 0.350 e. The zero-order chi connectivity index (χ0) is 14.8. The number of amides is 2. The second-order valence-corrected chi connectivity index (χ2v) is 7.27. The molecule has 1 saturated heterocycles. The summed E-state index contributed by atoms with van der Waals surface area (Å²) in [4.78, 5) is 24.1. The first-order valence-corrected chi connectivity index (χ1v) is 7.77. The molecule has 1 fully saturated rings. The first-order chi connectivity index (χ1) is 9.46. The smallest absolute Gasteiger partial charge is 0.248 e. The van der Waals surface area contributed by atoms with Crippen LogP contribution in [0.25, 0.3) is 0 Å². The maximum atomic E-state index is 12.2. The molecule has 0 spiro atoms. The Labute approximate surface area is 121 Å².